The average Bonchev–Trinajstić information content (AvgIpc) is 3.51. The largest absolute Gasteiger partial charge is 0.490 e. The molecule has 8 heteroatoms. The second-order valence-corrected chi connectivity index (χ2v) is 8.48. The molecule has 2 aromatic rings. The fraction of sp³-hybridized carbons (Fsp3) is 0.520. The minimum absolute atomic E-state index is 0. The van der Waals surface area contributed by atoms with Gasteiger partial charge >= 0.3 is 0 Å². The summed E-state index contributed by atoms with van der Waals surface area (Å²) < 4.78 is 11.5. The van der Waals surface area contributed by atoms with Crippen molar-refractivity contribution in [3.05, 3.63) is 48.2 Å². The van der Waals surface area contributed by atoms with E-state index in [0.29, 0.717) is 30.8 Å². The summed E-state index contributed by atoms with van der Waals surface area (Å²) in [6.07, 6.45) is 8.51. The number of aromatic nitrogens is 1. The summed E-state index contributed by atoms with van der Waals surface area (Å²) in [7, 11) is 1.82. The number of nitrogens with one attached hydrogen (secondary N) is 2. The average molecular weight is 566 g/mol. The van der Waals surface area contributed by atoms with Crippen LogP contribution in [0.4, 0.5) is 0 Å². The van der Waals surface area contributed by atoms with Crippen LogP contribution in [0.15, 0.2) is 47.6 Å². The number of halogens is 1. The van der Waals surface area contributed by atoms with E-state index in [0.717, 1.165) is 29.9 Å². The second-order valence-electron chi connectivity index (χ2n) is 8.48. The topological polar surface area (TPSA) is 71.0 Å². The number of pyridine rings is 1. The van der Waals surface area contributed by atoms with Gasteiger partial charge in [0.1, 0.15) is 0 Å². The highest BCUT2D eigenvalue weighted by atomic mass is 127. The van der Waals surface area contributed by atoms with Crippen molar-refractivity contribution in [2.24, 2.45) is 4.99 Å². The Morgan fingerprint density at radius 1 is 1.12 bits per heavy atom. The first-order chi connectivity index (χ1) is 15.7. The van der Waals surface area contributed by atoms with Crippen molar-refractivity contribution in [1.82, 2.24) is 20.5 Å². The van der Waals surface area contributed by atoms with E-state index in [-0.39, 0.29) is 24.0 Å². The van der Waals surface area contributed by atoms with Gasteiger partial charge in [0.15, 0.2) is 17.5 Å². The summed E-state index contributed by atoms with van der Waals surface area (Å²) in [6.45, 7) is 5.51. The van der Waals surface area contributed by atoms with Crippen LogP contribution in [0, 0.1) is 0 Å². The Balaban J connectivity index is 0.00000306. The van der Waals surface area contributed by atoms with Gasteiger partial charge in [0.05, 0.1) is 6.61 Å². The third-order valence-electron chi connectivity index (χ3n) is 6.25. The molecule has 2 heterocycles. The van der Waals surface area contributed by atoms with Crippen LogP contribution in [0.2, 0.25) is 0 Å². The number of hydrogen-bond donors (Lipinski definition) is 2. The van der Waals surface area contributed by atoms with Crippen LogP contribution in [-0.4, -0.2) is 54.7 Å². The second kappa shape index (κ2) is 13.0. The molecule has 2 N–H and O–H groups in total. The van der Waals surface area contributed by atoms with Crippen molar-refractivity contribution >= 4 is 29.9 Å². The highest BCUT2D eigenvalue weighted by Gasteiger charge is 2.30. The van der Waals surface area contributed by atoms with Gasteiger partial charge in [0.2, 0.25) is 5.88 Å². The van der Waals surface area contributed by atoms with E-state index in [1.165, 1.54) is 38.6 Å². The summed E-state index contributed by atoms with van der Waals surface area (Å²) in [5.41, 5.74) is 1.07. The zero-order chi connectivity index (χ0) is 22.2. The van der Waals surface area contributed by atoms with E-state index in [1.54, 1.807) is 0 Å². The van der Waals surface area contributed by atoms with Crippen molar-refractivity contribution in [3.8, 4) is 17.4 Å². The minimum atomic E-state index is 0. The van der Waals surface area contributed by atoms with Gasteiger partial charge in [-0.2, -0.15) is 0 Å². The molecule has 2 fully saturated rings. The molecule has 1 atom stereocenters. The van der Waals surface area contributed by atoms with Crippen LogP contribution < -0.4 is 20.1 Å². The number of rotatable bonds is 8. The molecule has 2 aliphatic rings. The van der Waals surface area contributed by atoms with Crippen LogP contribution in [0.25, 0.3) is 0 Å². The molecule has 1 unspecified atom stereocenters. The van der Waals surface area contributed by atoms with Crippen molar-refractivity contribution in [1.29, 1.82) is 0 Å². The third kappa shape index (κ3) is 7.20. The van der Waals surface area contributed by atoms with E-state index < -0.39 is 0 Å². The number of likely N-dealkylation sites (tertiary alicyclic amines) is 1. The number of hydrogen-bond acceptors (Lipinski definition) is 5. The first-order valence-electron chi connectivity index (χ1n) is 11.8. The van der Waals surface area contributed by atoms with Gasteiger partial charge in [-0.15, -0.1) is 24.0 Å². The predicted octanol–water partition coefficient (Wildman–Crippen LogP) is 4.57. The Hall–Kier alpha value is -2.07. The van der Waals surface area contributed by atoms with Gasteiger partial charge < -0.3 is 20.1 Å². The van der Waals surface area contributed by atoms with Gasteiger partial charge in [0.25, 0.3) is 0 Å². The molecule has 1 aromatic carbocycles. The molecule has 180 valence electrons. The molecule has 0 bridgehead atoms. The third-order valence-corrected chi connectivity index (χ3v) is 6.25. The zero-order valence-electron chi connectivity index (χ0n) is 19.6. The molecule has 0 amide bonds. The highest BCUT2D eigenvalue weighted by Crippen LogP contribution is 2.30. The first kappa shape index (κ1) is 25.6. The number of nitrogens with zero attached hydrogens (tertiary/aromatic N) is 3. The molecule has 1 aromatic heterocycles. The maximum Gasteiger partial charge on any atom is 0.219 e. The van der Waals surface area contributed by atoms with Crippen LogP contribution in [0.1, 0.15) is 44.6 Å². The van der Waals surface area contributed by atoms with E-state index >= 15 is 0 Å². The molecule has 7 nitrogen and oxygen atoms in total. The van der Waals surface area contributed by atoms with Crippen molar-refractivity contribution in [2.45, 2.75) is 57.7 Å². The van der Waals surface area contributed by atoms with E-state index in [1.807, 2.05) is 56.6 Å². The Bertz CT molecular complexity index is 887. The minimum Gasteiger partial charge on any atom is -0.490 e. The monoisotopic (exact) mass is 565 g/mol. The quantitative estimate of drug-likeness (QED) is 0.278. The molecule has 1 aliphatic heterocycles. The predicted molar refractivity (Wildman–Crippen MR) is 143 cm³/mol. The summed E-state index contributed by atoms with van der Waals surface area (Å²) in [5, 5.41) is 7.00. The molecule has 1 aliphatic carbocycles. The van der Waals surface area contributed by atoms with Crippen LogP contribution in [-0.2, 0) is 6.54 Å². The molecular weight excluding hydrogens is 529 g/mol. The van der Waals surface area contributed by atoms with Gasteiger partial charge in [-0.3, -0.25) is 9.89 Å². The van der Waals surface area contributed by atoms with Crippen LogP contribution in [0.3, 0.4) is 0 Å². The molecule has 0 spiro atoms. The Morgan fingerprint density at radius 2 is 1.91 bits per heavy atom. The molecule has 0 radical (unpaired) electrons. The first-order valence-corrected chi connectivity index (χ1v) is 11.8. The van der Waals surface area contributed by atoms with Gasteiger partial charge in [-0.25, -0.2) is 4.98 Å². The lowest BCUT2D eigenvalue weighted by molar-refractivity contribution is 0.242. The standard InChI is InChI=1S/C25H35N5O2.HI/c1-3-31-22-10-6-7-11-23(22)32-24-13-12-19(16-27-24)17-28-25(26-2)29-20-14-15-30(18-20)21-8-4-5-9-21;/h6-7,10-13,16,20-21H,3-5,8-9,14-15,17-18H2,1-2H3,(H2,26,28,29);1H. The summed E-state index contributed by atoms with van der Waals surface area (Å²) in [5.74, 6) is 2.77. The summed E-state index contributed by atoms with van der Waals surface area (Å²) in [4.78, 5) is 11.5. The summed E-state index contributed by atoms with van der Waals surface area (Å²) in [6, 6.07) is 12.8. The smallest absolute Gasteiger partial charge is 0.219 e. The Morgan fingerprint density at radius 3 is 2.61 bits per heavy atom. The number of ether oxygens (including phenoxy) is 2. The Kier molecular flexibility index (Phi) is 10.1. The SMILES string of the molecule is CCOc1ccccc1Oc1ccc(CNC(=NC)NC2CCN(C3CCCC3)C2)cn1.I. The van der Waals surface area contributed by atoms with E-state index in [4.69, 9.17) is 9.47 Å². The molecule has 1 saturated heterocycles. The van der Waals surface area contributed by atoms with Crippen molar-refractivity contribution in [2.75, 3.05) is 26.7 Å². The molecular formula is C25H36IN5O2. The highest BCUT2D eigenvalue weighted by molar-refractivity contribution is 14.0. The van der Waals surface area contributed by atoms with Crippen LogP contribution >= 0.6 is 24.0 Å². The number of guanidine groups is 1. The lowest BCUT2D eigenvalue weighted by Crippen LogP contribution is -2.45. The fourth-order valence-electron chi connectivity index (χ4n) is 4.58. The zero-order valence-corrected chi connectivity index (χ0v) is 22.0. The van der Waals surface area contributed by atoms with Gasteiger partial charge in [-0.05, 0) is 43.9 Å². The summed E-state index contributed by atoms with van der Waals surface area (Å²) >= 11 is 0. The number of aliphatic imine (C=N–C) groups is 1. The van der Waals surface area contributed by atoms with Crippen LogP contribution in [0.5, 0.6) is 17.4 Å². The Labute approximate surface area is 214 Å². The van der Waals surface area contributed by atoms with Gasteiger partial charge in [0, 0.05) is 51.0 Å². The molecule has 1 saturated carbocycles. The molecule has 33 heavy (non-hydrogen) atoms. The van der Waals surface area contributed by atoms with Crippen molar-refractivity contribution in [3.63, 3.8) is 0 Å². The number of para-hydroxylation sites is 2. The number of benzene rings is 1. The van der Waals surface area contributed by atoms with Crippen molar-refractivity contribution < 1.29 is 9.47 Å². The van der Waals surface area contributed by atoms with E-state index in [2.05, 4.69) is 25.5 Å². The lowest BCUT2D eigenvalue weighted by Gasteiger charge is -2.24. The molecule has 4 rings (SSSR count). The fourth-order valence-corrected chi connectivity index (χ4v) is 4.58. The maximum atomic E-state index is 5.91. The normalized spacial score (nSPS) is 19.2. The lowest BCUT2D eigenvalue weighted by atomic mass is 10.2. The maximum absolute atomic E-state index is 5.91. The van der Waals surface area contributed by atoms with Gasteiger partial charge in [-0.1, -0.05) is 31.0 Å². The van der Waals surface area contributed by atoms with E-state index in [9.17, 15) is 0 Å².